The first kappa shape index (κ1) is 15.8. The van der Waals surface area contributed by atoms with Crippen LogP contribution in [-0.4, -0.2) is 35.4 Å². The third kappa shape index (κ3) is 3.54. The Balaban J connectivity index is 2.10. The third-order valence-corrected chi connectivity index (χ3v) is 5.76. The molecule has 1 atom stereocenters. The van der Waals surface area contributed by atoms with Gasteiger partial charge in [0.2, 0.25) is 0 Å². The summed E-state index contributed by atoms with van der Waals surface area (Å²) < 4.78 is 6.35. The quantitative estimate of drug-likeness (QED) is 0.590. The highest BCUT2D eigenvalue weighted by Crippen LogP contribution is 2.43. The van der Waals surface area contributed by atoms with E-state index in [1.54, 1.807) is 23.1 Å². The van der Waals surface area contributed by atoms with E-state index in [4.69, 9.17) is 4.74 Å². The number of carbonyl (C=O) groups excluding carboxylic acids is 1. The van der Waals surface area contributed by atoms with Crippen LogP contribution in [0.4, 0.5) is 0 Å². The molecule has 1 saturated carbocycles. The Labute approximate surface area is 128 Å². The zero-order chi connectivity index (χ0) is 14.6. The molecular weight excluding hydrogens is 292 g/mol. The zero-order valence-electron chi connectivity index (χ0n) is 12.3. The second kappa shape index (κ2) is 6.91. The summed E-state index contributed by atoms with van der Waals surface area (Å²) in [5.74, 6) is 0.984. The predicted molar refractivity (Wildman–Crippen MR) is 83.3 cm³/mol. The summed E-state index contributed by atoms with van der Waals surface area (Å²) in [4.78, 5) is 16.9. The molecule has 1 aromatic heterocycles. The summed E-state index contributed by atoms with van der Waals surface area (Å²) in [6, 6.07) is 0. The van der Waals surface area contributed by atoms with Crippen LogP contribution in [0.2, 0.25) is 0 Å². The molecule has 1 fully saturated rings. The molecule has 2 rings (SSSR count). The average molecular weight is 314 g/mol. The first-order valence-corrected chi connectivity index (χ1v) is 8.96. The Morgan fingerprint density at radius 2 is 2.35 bits per heavy atom. The van der Waals surface area contributed by atoms with Crippen molar-refractivity contribution in [3.63, 3.8) is 0 Å². The maximum atomic E-state index is 12.4. The highest BCUT2D eigenvalue weighted by Gasteiger charge is 2.51. The van der Waals surface area contributed by atoms with Gasteiger partial charge in [-0.3, -0.25) is 4.79 Å². The van der Waals surface area contributed by atoms with Gasteiger partial charge in [0.15, 0.2) is 0 Å². The van der Waals surface area contributed by atoms with Crippen molar-refractivity contribution in [1.29, 1.82) is 0 Å². The smallest absolute Gasteiger partial charge is 0.327 e. The van der Waals surface area contributed by atoms with E-state index >= 15 is 0 Å². The van der Waals surface area contributed by atoms with Crippen molar-refractivity contribution in [2.24, 2.45) is 5.92 Å². The molecule has 1 heterocycles. The number of aromatic nitrogens is 1. The minimum Gasteiger partial charge on any atom is -0.465 e. The standard InChI is InChI=1S/C14H22N2O2S2/c1-4-15-14(11-6-7-11,12(17)18-5-2)9-20-13-16-10(3)8-19-13/h8,11,15H,4-7,9H2,1-3H3. The largest absolute Gasteiger partial charge is 0.465 e. The van der Waals surface area contributed by atoms with Gasteiger partial charge in [-0.1, -0.05) is 18.7 Å². The summed E-state index contributed by atoms with van der Waals surface area (Å²) in [7, 11) is 0. The van der Waals surface area contributed by atoms with E-state index in [0.29, 0.717) is 18.3 Å². The number of nitrogens with one attached hydrogen (secondary N) is 1. The van der Waals surface area contributed by atoms with E-state index in [0.717, 1.165) is 29.4 Å². The summed E-state index contributed by atoms with van der Waals surface area (Å²) >= 11 is 3.29. The van der Waals surface area contributed by atoms with Crippen LogP contribution in [0.5, 0.6) is 0 Å². The molecule has 4 nitrogen and oxygen atoms in total. The zero-order valence-corrected chi connectivity index (χ0v) is 13.9. The molecule has 112 valence electrons. The number of hydrogen-bond acceptors (Lipinski definition) is 6. The van der Waals surface area contributed by atoms with Gasteiger partial charge in [0, 0.05) is 16.8 Å². The Hall–Kier alpha value is -0.590. The van der Waals surface area contributed by atoms with Gasteiger partial charge in [0.25, 0.3) is 0 Å². The molecule has 0 saturated heterocycles. The van der Waals surface area contributed by atoms with E-state index in [9.17, 15) is 4.79 Å². The average Bonchev–Trinajstić information content (AvgIpc) is 3.18. The van der Waals surface area contributed by atoms with Gasteiger partial charge < -0.3 is 10.1 Å². The molecule has 1 aliphatic carbocycles. The van der Waals surface area contributed by atoms with Crippen LogP contribution >= 0.6 is 23.1 Å². The normalized spacial score (nSPS) is 17.8. The van der Waals surface area contributed by atoms with Crippen molar-refractivity contribution in [2.75, 3.05) is 18.9 Å². The van der Waals surface area contributed by atoms with Gasteiger partial charge in [0.05, 0.1) is 6.61 Å². The van der Waals surface area contributed by atoms with Crippen molar-refractivity contribution in [3.05, 3.63) is 11.1 Å². The van der Waals surface area contributed by atoms with Crippen molar-refractivity contribution in [3.8, 4) is 0 Å². The lowest BCUT2D eigenvalue weighted by atomic mass is 9.95. The van der Waals surface area contributed by atoms with Gasteiger partial charge in [-0.25, -0.2) is 4.98 Å². The Morgan fingerprint density at radius 1 is 1.60 bits per heavy atom. The van der Waals surface area contributed by atoms with Gasteiger partial charge in [-0.2, -0.15) is 0 Å². The predicted octanol–water partition coefficient (Wildman–Crippen LogP) is 2.87. The minimum atomic E-state index is -0.547. The van der Waals surface area contributed by atoms with Crippen molar-refractivity contribution in [1.82, 2.24) is 10.3 Å². The summed E-state index contributed by atoms with van der Waals surface area (Å²) in [5.41, 5.74) is 0.490. The maximum absolute atomic E-state index is 12.4. The molecule has 0 aliphatic heterocycles. The molecule has 1 unspecified atom stereocenters. The summed E-state index contributed by atoms with van der Waals surface area (Å²) in [6.07, 6.45) is 2.20. The van der Waals surface area contributed by atoms with Crippen LogP contribution < -0.4 is 5.32 Å². The van der Waals surface area contributed by atoms with Crippen LogP contribution in [0.25, 0.3) is 0 Å². The van der Waals surface area contributed by atoms with E-state index in [1.165, 1.54) is 0 Å². The van der Waals surface area contributed by atoms with Crippen LogP contribution in [0.1, 0.15) is 32.4 Å². The van der Waals surface area contributed by atoms with Crippen molar-refractivity contribution in [2.45, 2.75) is 43.5 Å². The number of rotatable bonds is 8. The SMILES string of the molecule is CCNC(CSc1nc(C)cs1)(C(=O)OCC)C1CC1. The molecule has 6 heteroatoms. The number of esters is 1. The molecule has 1 N–H and O–H groups in total. The Morgan fingerprint density at radius 3 is 2.85 bits per heavy atom. The molecule has 0 bridgehead atoms. The van der Waals surface area contributed by atoms with E-state index in [1.807, 2.05) is 26.2 Å². The maximum Gasteiger partial charge on any atom is 0.327 e. The van der Waals surface area contributed by atoms with E-state index in [2.05, 4.69) is 10.3 Å². The van der Waals surface area contributed by atoms with Crippen LogP contribution in [0.15, 0.2) is 9.72 Å². The lowest BCUT2D eigenvalue weighted by Crippen LogP contribution is -2.57. The van der Waals surface area contributed by atoms with E-state index in [-0.39, 0.29) is 5.97 Å². The third-order valence-electron chi connectivity index (χ3n) is 3.43. The van der Waals surface area contributed by atoms with Crippen LogP contribution in [-0.2, 0) is 9.53 Å². The van der Waals surface area contributed by atoms with E-state index < -0.39 is 5.54 Å². The first-order chi connectivity index (χ1) is 9.62. The molecule has 0 spiro atoms. The highest BCUT2D eigenvalue weighted by atomic mass is 32.2. The topological polar surface area (TPSA) is 51.2 Å². The minimum absolute atomic E-state index is 0.106. The number of hydrogen-bond donors (Lipinski definition) is 1. The Kier molecular flexibility index (Phi) is 5.46. The molecule has 1 aromatic rings. The highest BCUT2D eigenvalue weighted by molar-refractivity contribution is 8.01. The molecule has 0 amide bonds. The molecular formula is C14H22N2O2S2. The second-order valence-corrected chi connectivity index (χ2v) is 7.12. The number of thiazole rings is 1. The molecule has 0 radical (unpaired) electrons. The molecule has 20 heavy (non-hydrogen) atoms. The lowest BCUT2D eigenvalue weighted by Gasteiger charge is -2.31. The fourth-order valence-electron chi connectivity index (χ4n) is 2.34. The fourth-order valence-corrected chi connectivity index (χ4v) is 4.47. The van der Waals surface area contributed by atoms with Gasteiger partial charge >= 0.3 is 5.97 Å². The van der Waals surface area contributed by atoms with Crippen LogP contribution in [0.3, 0.4) is 0 Å². The number of likely N-dealkylation sites (N-methyl/N-ethyl adjacent to an activating group) is 1. The molecule has 0 aromatic carbocycles. The first-order valence-electron chi connectivity index (χ1n) is 7.09. The monoisotopic (exact) mass is 314 g/mol. The number of nitrogens with zero attached hydrogens (tertiary/aromatic N) is 1. The molecule has 1 aliphatic rings. The van der Waals surface area contributed by atoms with Gasteiger partial charge in [0.1, 0.15) is 9.88 Å². The van der Waals surface area contributed by atoms with Crippen molar-refractivity contribution >= 4 is 29.1 Å². The summed E-state index contributed by atoms with van der Waals surface area (Å²) in [5, 5.41) is 5.44. The van der Waals surface area contributed by atoms with Gasteiger partial charge in [-0.15, -0.1) is 11.3 Å². The Bertz CT molecular complexity index is 460. The number of thioether (sulfide) groups is 1. The number of carbonyl (C=O) groups is 1. The summed E-state index contributed by atoms with van der Waals surface area (Å²) in [6.45, 7) is 7.09. The second-order valence-electron chi connectivity index (χ2n) is 5.04. The number of aryl methyl sites for hydroxylation is 1. The fraction of sp³-hybridized carbons (Fsp3) is 0.714. The lowest BCUT2D eigenvalue weighted by molar-refractivity contribution is -0.151. The van der Waals surface area contributed by atoms with Crippen LogP contribution in [0, 0.1) is 12.8 Å². The number of ether oxygens (including phenoxy) is 1. The van der Waals surface area contributed by atoms with Gasteiger partial charge in [-0.05, 0) is 39.2 Å². The van der Waals surface area contributed by atoms with Crippen molar-refractivity contribution < 1.29 is 9.53 Å².